The molecule has 8 unspecified atom stereocenters. The van der Waals surface area contributed by atoms with E-state index >= 15 is 0 Å². The summed E-state index contributed by atoms with van der Waals surface area (Å²) in [7, 11) is 0. The Balaban J connectivity index is -0.000000274. The van der Waals surface area contributed by atoms with Gasteiger partial charge in [0, 0.05) is 1.43 Å². The summed E-state index contributed by atoms with van der Waals surface area (Å²) >= 11 is 0. The van der Waals surface area contributed by atoms with E-state index in [2.05, 4.69) is 81.4 Å². The predicted octanol–water partition coefficient (Wildman–Crippen LogP) is 14.5. The third kappa shape index (κ3) is 29.2. The fourth-order valence-corrected chi connectivity index (χ4v) is 7.97. The van der Waals surface area contributed by atoms with Crippen molar-refractivity contribution in [3.05, 3.63) is 23.3 Å². The van der Waals surface area contributed by atoms with Gasteiger partial charge in [-0.1, -0.05) is 157 Å². The predicted molar refractivity (Wildman–Crippen MR) is 234 cm³/mol. The molecule has 4 saturated carbocycles. The molecule has 0 heterocycles. The van der Waals surface area contributed by atoms with Gasteiger partial charge in [-0.3, -0.25) is 0 Å². The molecule has 5 heteroatoms. The van der Waals surface area contributed by atoms with E-state index in [9.17, 15) is 8.78 Å². The second-order valence-corrected chi connectivity index (χ2v) is 19.4. The highest BCUT2D eigenvalue weighted by Gasteiger charge is 2.25. The zero-order chi connectivity index (χ0) is 37.6. The van der Waals surface area contributed by atoms with E-state index in [-0.39, 0.29) is 17.9 Å². The summed E-state index contributed by atoms with van der Waals surface area (Å²) in [5.74, 6) is 7.85. The van der Waals surface area contributed by atoms with Crippen molar-refractivity contribution in [2.45, 2.75) is 224 Å². The molecule has 0 spiro atoms. The maximum absolute atomic E-state index is 12.8. The summed E-state index contributed by atoms with van der Waals surface area (Å²) in [4.78, 5) is 0. The van der Waals surface area contributed by atoms with E-state index < -0.39 is 12.3 Å². The minimum Gasteiger partial charge on any atom is -0.412 e. The van der Waals surface area contributed by atoms with E-state index in [0.717, 1.165) is 61.2 Å². The van der Waals surface area contributed by atoms with E-state index in [1.165, 1.54) is 103 Å². The first-order valence-electron chi connectivity index (χ1n) is 22.1. The molecule has 0 bridgehead atoms. The number of hydrogen-bond acceptors (Lipinski definition) is 0. The number of alkyl halides is 2. The van der Waals surface area contributed by atoms with Gasteiger partial charge in [0.1, 0.15) is 12.3 Å². The molecule has 53 heavy (non-hydrogen) atoms. The van der Waals surface area contributed by atoms with Crippen molar-refractivity contribution in [3.8, 4) is 0 Å². The maximum Gasteiger partial charge on any atom is 0.103 e. The van der Waals surface area contributed by atoms with Crippen molar-refractivity contribution in [2.24, 2.45) is 59.2 Å². The van der Waals surface area contributed by atoms with Crippen molar-refractivity contribution in [2.75, 3.05) is 0 Å². The fraction of sp³-hybridized carbons (Fsp3) is 0.917. The second kappa shape index (κ2) is 32.3. The van der Waals surface area contributed by atoms with Crippen molar-refractivity contribution in [3.63, 3.8) is 0 Å². The van der Waals surface area contributed by atoms with Crippen molar-refractivity contribution in [1.82, 2.24) is 0 Å². The lowest BCUT2D eigenvalue weighted by Crippen LogP contribution is -2.22. The van der Waals surface area contributed by atoms with Crippen LogP contribution >= 0.6 is 0 Å². The van der Waals surface area contributed by atoms with Crippen LogP contribution in [0.5, 0.6) is 0 Å². The van der Waals surface area contributed by atoms with Crippen LogP contribution in [0.25, 0.3) is 0 Å². The molecule has 6 aliphatic carbocycles. The van der Waals surface area contributed by atoms with Crippen LogP contribution in [0.15, 0.2) is 23.3 Å². The van der Waals surface area contributed by atoms with Gasteiger partial charge in [-0.2, -0.15) is 0 Å². The van der Waals surface area contributed by atoms with Gasteiger partial charge < -0.3 is 16.4 Å². The lowest BCUT2D eigenvalue weighted by atomic mass is 9.83. The minimum atomic E-state index is -0.520. The number of rotatable bonds is 0. The fourth-order valence-electron chi connectivity index (χ4n) is 7.97. The van der Waals surface area contributed by atoms with Crippen molar-refractivity contribution < 1.29 is 26.6 Å². The Hall–Kier alpha value is -0.780. The van der Waals surface area contributed by atoms with Crippen LogP contribution in [0.3, 0.4) is 0 Å². The number of halogens is 2. The Morgan fingerprint density at radius 3 is 0.792 bits per heavy atom. The molecule has 0 amide bonds. The van der Waals surface area contributed by atoms with Crippen LogP contribution < -0.4 is 0 Å². The van der Waals surface area contributed by atoms with Crippen LogP contribution in [0.1, 0.15) is 213 Å². The van der Waals surface area contributed by atoms with Gasteiger partial charge in [-0.15, -0.1) is 0 Å². The molecule has 322 valence electrons. The van der Waals surface area contributed by atoms with Gasteiger partial charge >= 0.3 is 0 Å². The summed E-state index contributed by atoms with van der Waals surface area (Å²) in [5, 5.41) is 0. The highest BCUT2D eigenvalue weighted by Crippen LogP contribution is 2.32. The second-order valence-electron chi connectivity index (χ2n) is 19.4. The van der Waals surface area contributed by atoms with E-state index in [4.69, 9.17) is 0 Å². The summed E-state index contributed by atoms with van der Waals surface area (Å²) in [5.41, 5.74) is 3.17. The van der Waals surface area contributed by atoms with Crippen LogP contribution in [0, 0.1) is 59.2 Å². The molecular formula is C48H98F2O3. The third-order valence-electron chi connectivity index (χ3n) is 13.1. The van der Waals surface area contributed by atoms with Gasteiger partial charge in [-0.25, -0.2) is 8.78 Å². The highest BCUT2D eigenvalue weighted by molar-refractivity contribution is 5.02. The molecule has 8 atom stereocenters. The Morgan fingerprint density at radius 1 is 0.377 bits per heavy atom. The van der Waals surface area contributed by atoms with E-state index in [1.807, 2.05) is 13.8 Å². The zero-order valence-corrected chi connectivity index (χ0v) is 37.5. The Kier molecular flexibility index (Phi) is 34.5. The molecule has 0 aromatic rings. The van der Waals surface area contributed by atoms with E-state index in [1.54, 1.807) is 11.1 Å². The van der Waals surface area contributed by atoms with Crippen molar-refractivity contribution in [1.29, 1.82) is 0 Å². The maximum atomic E-state index is 12.8. The van der Waals surface area contributed by atoms with Gasteiger partial charge in [0.15, 0.2) is 0 Å². The Bertz CT molecular complexity index is 804. The van der Waals surface area contributed by atoms with Gasteiger partial charge in [0.2, 0.25) is 0 Å². The average Bonchev–Trinajstić information content (AvgIpc) is 3.08. The largest absolute Gasteiger partial charge is 0.412 e. The topological polar surface area (TPSA) is 94.5 Å². The zero-order valence-electron chi connectivity index (χ0n) is 37.5. The quantitative estimate of drug-likeness (QED) is 0.220. The highest BCUT2D eigenvalue weighted by atomic mass is 19.1. The lowest BCUT2D eigenvalue weighted by molar-refractivity contribution is 0.144. The van der Waals surface area contributed by atoms with Crippen LogP contribution in [0.4, 0.5) is 8.78 Å². The molecule has 6 N–H and O–H groups in total. The van der Waals surface area contributed by atoms with Crippen LogP contribution in [-0.2, 0) is 0 Å². The molecular weight excluding hydrogens is 663 g/mol. The van der Waals surface area contributed by atoms with Crippen molar-refractivity contribution >= 4 is 0 Å². The first kappa shape index (κ1) is 56.6. The molecule has 0 saturated heterocycles. The number of hydrogen-bond donors (Lipinski definition) is 0. The Labute approximate surface area is 332 Å². The SMILES string of the molecule is CC1=CCC(C)CC1.CC1=CCC(C)CC1.CC1CCC(C)C(F)C1.CC1CCC(C)C(F)C1.CC1CCC(C)CC1.CC1CCC(C)CC1.O.O.O.[HH]. The third-order valence-corrected chi connectivity index (χ3v) is 13.1. The first-order valence-corrected chi connectivity index (χ1v) is 22.1. The first-order chi connectivity index (χ1) is 23.5. The summed E-state index contributed by atoms with van der Waals surface area (Å²) < 4.78 is 25.7. The molecule has 3 nitrogen and oxygen atoms in total. The number of allylic oxidation sites excluding steroid dienone is 4. The van der Waals surface area contributed by atoms with Crippen LogP contribution in [-0.4, -0.2) is 28.8 Å². The van der Waals surface area contributed by atoms with Gasteiger partial charge in [-0.05, 0) is 137 Å². The molecule has 4 fully saturated rings. The average molecular weight is 761 g/mol. The Morgan fingerprint density at radius 2 is 0.623 bits per heavy atom. The molecule has 6 rings (SSSR count). The van der Waals surface area contributed by atoms with E-state index in [0.29, 0.717) is 23.7 Å². The summed E-state index contributed by atoms with van der Waals surface area (Å²) in [6, 6.07) is 0. The minimum absolute atomic E-state index is 0. The smallest absolute Gasteiger partial charge is 0.103 e. The standard InChI is InChI=1S/2C8H15F.2C8H16.2C8H14.3H2O.H2/c2*1-6-3-4-7(2)8(9)5-6;4*1-7-3-5-8(2)6-4-7;;;;/h2*6-8H,3-5H2,1-2H3;2*7-8H,3-6H2,1-2H3;2*3,8H,4-6H2,1-2H3;3*1H2;1H. The summed E-state index contributed by atoms with van der Waals surface area (Å²) in [6.07, 6.45) is 29.8. The van der Waals surface area contributed by atoms with Gasteiger partial charge in [0.05, 0.1) is 0 Å². The molecule has 0 radical (unpaired) electrons. The monoisotopic (exact) mass is 761 g/mol. The van der Waals surface area contributed by atoms with Gasteiger partial charge in [0.25, 0.3) is 0 Å². The molecule has 0 aromatic heterocycles. The lowest BCUT2D eigenvalue weighted by Gasteiger charge is -2.26. The molecule has 6 aliphatic rings. The molecule has 0 aliphatic heterocycles. The normalized spacial score (nSPS) is 36.3. The molecule has 0 aromatic carbocycles. The summed E-state index contributed by atoms with van der Waals surface area (Å²) in [6.45, 7) is 26.9. The van der Waals surface area contributed by atoms with Crippen LogP contribution in [0.2, 0.25) is 0 Å².